The topological polar surface area (TPSA) is 26.3 Å². The zero-order chi connectivity index (χ0) is 25.7. The first-order chi connectivity index (χ1) is 17.2. The van der Waals surface area contributed by atoms with Crippen molar-refractivity contribution in [3.63, 3.8) is 0 Å². The highest BCUT2D eigenvalue weighted by atomic mass is 16.5. The quantitative estimate of drug-likeness (QED) is 0.0763. The smallest absolute Gasteiger partial charge is 0.305 e. The van der Waals surface area contributed by atoms with Crippen LogP contribution in [0, 0.1) is 5.92 Å². The summed E-state index contributed by atoms with van der Waals surface area (Å²) in [5, 5.41) is 0. The van der Waals surface area contributed by atoms with E-state index in [1.807, 2.05) is 0 Å². The first-order valence-electron chi connectivity index (χ1n) is 16.4. The molecule has 0 fully saturated rings. The normalized spacial score (nSPS) is 12.2. The molecule has 0 bridgehead atoms. The van der Waals surface area contributed by atoms with Gasteiger partial charge in [0.25, 0.3) is 0 Å². The van der Waals surface area contributed by atoms with E-state index in [1.165, 1.54) is 154 Å². The molecule has 0 N–H and O–H groups in total. The van der Waals surface area contributed by atoms with Gasteiger partial charge in [0.15, 0.2) is 0 Å². The molecule has 0 saturated carbocycles. The highest BCUT2D eigenvalue weighted by Crippen LogP contribution is 2.22. The molecule has 0 spiro atoms. The average Bonchev–Trinajstić information content (AvgIpc) is 2.86. The molecule has 0 rings (SSSR count). The van der Waals surface area contributed by atoms with Gasteiger partial charge in [0, 0.05) is 6.42 Å². The molecule has 0 aliphatic carbocycles. The molecule has 0 aromatic rings. The van der Waals surface area contributed by atoms with Gasteiger partial charge >= 0.3 is 5.97 Å². The summed E-state index contributed by atoms with van der Waals surface area (Å²) in [6.45, 7) is 7.50. The molecule has 2 nitrogen and oxygen atoms in total. The second-order valence-corrected chi connectivity index (χ2v) is 11.3. The van der Waals surface area contributed by atoms with Crippen LogP contribution in [0.25, 0.3) is 0 Å². The Bertz CT molecular complexity index is 406. The highest BCUT2D eigenvalue weighted by Gasteiger charge is 2.11. The molecule has 0 aliphatic heterocycles. The van der Waals surface area contributed by atoms with Crippen LogP contribution in [0.5, 0.6) is 0 Å². The molecule has 1 unspecified atom stereocenters. The third-order valence-corrected chi connectivity index (χ3v) is 7.71. The number of hydrogen-bond donors (Lipinski definition) is 0. The molecule has 2 heteroatoms. The van der Waals surface area contributed by atoms with E-state index < -0.39 is 0 Å². The summed E-state index contributed by atoms with van der Waals surface area (Å²) < 4.78 is 5.65. The predicted molar refractivity (Wildman–Crippen MR) is 156 cm³/mol. The van der Waals surface area contributed by atoms with Crippen molar-refractivity contribution in [2.45, 2.75) is 194 Å². The molecule has 0 heterocycles. The molecular weight excluding hydrogens is 428 g/mol. The number of rotatable bonds is 29. The second-order valence-electron chi connectivity index (χ2n) is 11.3. The average molecular weight is 495 g/mol. The maximum Gasteiger partial charge on any atom is 0.305 e. The van der Waals surface area contributed by atoms with E-state index in [0.717, 1.165) is 18.8 Å². The predicted octanol–water partition coefficient (Wildman–Crippen LogP) is 11.7. The molecule has 0 radical (unpaired) electrons. The summed E-state index contributed by atoms with van der Waals surface area (Å²) in [5.41, 5.74) is 0. The monoisotopic (exact) mass is 495 g/mol. The van der Waals surface area contributed by atoms with Gasteiger partial charge in [-0.15, -0.1) is 0 Å². The van der Waals surface area contributed by atoms with Crippen molar-refractivity contribution < 1.29 is 9.53 Å². The molecule has 1 atom stereocenters. The van der Waals surface area contributed by atoms with Gasteiger partial charge in [-0.25, -0.2) is 0 Å². The van der Waals surface area contributed by atoms with E-state index in [4.69, 9.17) is 4.74 Å². The summed E-state index contributed by atoms with van der Waals surface area (Å²) in [6.07, 6.45) is 35.4. The van der Waals surface area contributed by atoms with Crippen LogP contribution in [0.2, 0.25) is 0 Å². The van der Waals surface area contributed by atoms with Gasteiger partial charge in [0.05, 0.1) is 6.61 Å². The van der Waals surface area contributed by atoms with Gasteiger partial charge in [-0.3, -0.25) is 4.79 Å². The molecule has 210 valence electrons. The Morgan fingerprint density at radius 1 is 0.457 bits per heavy atom. The van der Waals surface area contributed by atoms with Crippen LogP contribution in [0.15, 0.2) is 0 Å². The molecule has 35 heavy (non-hydrogen) atoms. The van der Waals surface area contributed by atoms with Crippen LogP contribution in [0.4, 0.5) is 0 Å². The van der Waals surface area contributed by atoms with E-state index >= 15 is 0 Å². The van der Waals surface area contributed by atoms with Crippen LogP contribution < -0.4 is 0 Å². The number of ether oxygens (including phenoxy) is 1. The van der Waals surface area contributed by atoms with Crippen molar-refractivity contribution in [2.75, 3.05) is 6.61 Å². The Hall–Kier alpha value is -0.530. The first-order valence-corrected chi connectivity index (χ1v) is 16.4. The van der Waals surface area contributed by atoms with E-state index in [-0.39, 0.29) is 5.97 Å². The zero-order valence-corrected chi connectivity index (χ0v) is 24.7. The summed E-state index contributed by atoms with van der Waals surface area (Å²) >= 11 is 0. The maximum atomic E-state index is 12.2. The SMILES string of the molecule is CCCCCCCCCCCC(=O)OCCC(CCCCCCCC)CCCCCCCCCC. The third kappa shape index (κ3) is 27.9. The highest BCUT2D eigenvalue weighted by molar-refractivity contribution is 5.69. The van der Waals surface area contributed by atoms with E-state index in [9.17, 15) is 4.79 Å². The van der Waals surface area contributed by atoms with Gasteiger partial charge in [-0.1, -0.05) is 175 Å². The molecular formula is C33H66O2. The Kier molecular flexibility index (Phi) is 29.2. The number of esters is 1. The lowest BCUT2D eigenvalue weighted by Crippen LogP contribution is -2.10. The minimum Gasteiger partial charge on any atom is -0.466 e. The maximum absolute atomic E-state index is 12.2. The fourth-order valence-corrected chi connectivity index (χ4v) is 5.20. The molecule has 0 aromatic carbocycles. The van der Waals surface area contributed by atoms with Crippen molar-refractivity contribution in [3.8, 4) is 0 Å². The molecule has 0 saturated heterocycles. The molecule has 0 amide bonds. The van der Waals surface area contributed by atoms with Crippen molar-refractivity contribution in [1.29, 1.82) is 0 Å². The van der Waals surface area contributed by atoms with E-state index in [1.54, 1.807) is 0 Å². The van der Waals surface area contributed by atoms with Gasteiger partial charge in [-0.2, -0.15) is 0 Å². The summed E-state index contributed by atoms with van der Waals surface area (Å²) in [4.78, 5) is 12.2. The Morgan fingerprint density at radius 3 is 1.20 bits per heavy atom. The first kappa shape index (κ1) is 34.5. The second kappa shape index (κ2) is 29.7. The number of carbonyl (C=O) groups excluding carboxylic acids is 1. The fraction of sp³-hybridized carbons (Fsp3) is 0.970. The fourth-order valence-electron chi connectivity index (χ4n) is 5.20. The molecule has 0 aliphatic rings. The van der Waals surface area contributed by atoms with E-state index in [0.29, 0.717) is 13.0 Å². The van der Waals surface area contributed by atoms with Gasteiger partial charge in [0.1, 0.15) is 0 Å². The summed E-state index contributed by atoms with van der Waals surface area (Å²) in [6, 6.07) is 0. The van der Waals surface area contributed by atoms with Crippen LogP contribution in [0.3, 0.4) is 0 Å². The Balaban J connectivity index is 3.91. The standard InChI is InChI=1S/C33H66O2/c1-4-7-10-13-16-18-20-23-26-29-33(34)35-31-30-32(27-24-21-15-12-9-6-3)28-25-22-19-17-14-11-8-5-2/h32H,4-31H2,1-3H3. The van der Waals surface area contributed by atoms with Crippen LogP contribution in [-0.4, -0.2) is 12.6 Å². The Labute approximate surface area is 222 Å². The zero-order valence-electron chi connectivity index (χ0n) is 24.7. The van der Waals surface area contributed by atoms with Crippen molar-refractivity contribution >= 4 is 5.97 Å². The lowest BCUT2D eigenvalue weighted by atomic mass is 9.91. The largest absolute Gasteiger partial charge is 0.466 e. The lowest BCUT2D eigenvalue weighted by molar-refractivity contribution is -0.144. The van der Waals surface area contributed by atoms with Crippen molar-refractivity contribution in [1.82, 2.24) is 0 Å². The summed E-state index contributed by atoms with van der Waals surface area (Å²) in [7, 11) is 0. The minimum atomic E-state index is 0.0401. The van der Waals surface area contributed by atoms with Gasteiger partial charge in [-0.05, 0) is 18.8 Å². The molecule has 0 aromatic heterocycles. The van der Waals surface area contributed by atoms with Gasteiger partial charge < -0.3 is 4.74 Å². The van der Waals surface area contributed by atoms with Crippen LogP contribution >= 0.6 is 0 Å². The van der Waals surface area contributed by atoms with Crippen LogP contribution in [0.1, 0.15) is 194 Å². The summed E-state index contributed by atoms with van der Waals surface area (Å²) in [5.74, 6) is 0.792. The van der Waals surface area contributed by atoms with Crippen molar-refractivity contribution in [3.05, 3.63) is 0 Å². The number of carbonyl (C=O) groups is 1. The van der Waals surface area contributed by atoms with Crippen molar-refractivity contribution in [2.24, 2.45) is 5.92 Å². The minimum absolute atomic E-state index is 0.0401. The Morgan fingerprint density at radius 2 is 0.800 bits per heavy atom. The number of hydrogen-bond acceptors (Lipinski definition) is 2. The van der Waals surface area contributed by atoms with Crippen LogP contribution in [-0.2, 0) is 9.53 Å². The van der Waals surface area contributed by atoms with Gasteiger partial charge in [0.2, 0.25) is 0 Å². The number of unbranched alkanes of at least 4 members (excludes halogenated alkanes) is 20. The van der Waals surface area contributed by atoms with E-state index in [2.05, 4.69) is 20.8 Å². The third-order valence-electron chi connectivity index (χ3n) is 7.71. The lowest BCUT2D eigenvalue weighted by Gasteiger charge is -2.17.